The Hall–Kier alpha value is -1.51. The number of carbonyl (C=O) groups is 1. The molecular formula is C17H27NO2. The average molecular weight is 277 g/mol. The molecule has 0 aromatic heterocycles. The Morgan fingerprint density at radius 1 is 1.15 bits per heavy atom. The minimum absolute atomic E-state index is 0.00625. The molecule has 112 valence electrons. The molecule has 1 unspecified atom stereocenters. The molecule has 0 heterocycles. The maximum absolute atomic E-state index is 12.4. The van der Waals surface area contributed by atoms with Gasteiger partial charge < -0.3 is 10.1 Å². The number of benzene rings is 1. The first-order valence-electron chi connectivity index (χ1n) is 7.27. The van der Waals surface area contributed by atoms with E-state index in [-0.39, 0.29) is 11.9 Å². The summed E-state index contributed by atoms with van der Waals surface area (Å²) in [6.07, 6.45) is 0. The van der Waals surface area contributed by atoms with E-state index in [9.17, 15) is 4.79 Å². The lowest BCUT2D eigenvalue weighted by Crippen LogP contribution is -2.36. The zero-order chi connectivity index (χ0) is 15.4. The van der Waals surface area contributed by atoms with Crippen molar-refractivity contribution in [1.29, 1.82) is 0 Å². The lowest BCUT2D eigenvalue weighted by atomic mass is 9.95. The minimum Gasteiger partial charge on any atom is -0.496 e. The van der Waals surface area contributed by atoms with Gasteiger partial charge in [-0.05, 0) is 48.9 Å². The first kappa shape index (κ1) is 16.5. The van der Waals surface area contributed by atoms with Crippen LogP contribution in [0, 0.1) is 12.8 Å². The summed E-state index contributed by atoms with van der Waals surface area (Å²) in [6.45, 7) is 12.4. The second-order valence-electron chi connectivity index (χ2n) is 6.07. The molecular weight excluding hydrogens is 250 g/mol. The molecule has 0 bridgehead atoms. The number of hydrogen-bond donors (Lipinski definition) is 1. The first-order valence-corrected chi connectivity index (χ1v) is 7.27. The second-order valence-corrected chi connectivity index (χ2v) is 6.07. The topological polar surface area (TPSA) is 38.3 Å². The van der Waals surface area contributed by atoms with Crippen molar-refractivity contribution in [3.05, 3.63) is 28.8 Å². The van der Waals surface area contributed by atoms with Crippen molar-refractivity contribution < 1.29 is 9.53 Å². The van der Waals surface area contributed by atoms with Crippen LogP contribution in [0.3, 0.4) is 0 Å². The highest BCUT2D eigenvalue weighted by molar-refractivity contribution is 5.96. The van der Waals surface area contributed by atoms with Gasteiger partial charge in [0.2, 0.25) is 0 Å². The van der Waals surface area contributed by atoms with Crippen LogP contribution in [0.4, 0.5) is 0 Å². The van der Waals surface area contributed by atoms with E-state index >= 15 is 0 Å². The van der Waals surface area contributed by atoms with E-state index < -0.39 is 0 Å². The lowest BCUT2D eigenvalue weighted by Gasteiger charge is -2.20. The molecule has 0 saturated carbocycles. The Morgan fingerprint density at radius 2 is 1.75 bits per heavy atom. The maximum atomic E-state index is 12.4. The zero-order valence-corrected chi connectivity index (χ0v) is 13.7. The largest absolute Gasteiger partial charge is 0.496 e. The Bertz CT molecular complexity index is 478. The van der Waals surface area contributed by atoms with E-state index in [4.69, 9.17) is 4.74 Å². The highest BCUT2D eigenvalue weighted by Crippen LogP contribution is 2.29. The first-order chi connectivity index (χ1) is 9.27. The van der Waals surface area contributed by atoms with Crippen LogP contribution in [0.15, 0.2) is 12.1 Å². The molecule has 1 aromatic rings. The van der Waals surface area contributed by atoms with E-state index in [1.807, 2.05) is 26.0 Å². The molecule has 1 amide bonds. The van der Waals surface area contributed by atoms with Crippen molar-refractivity contribution in [3.63, 3.8) is 0 Å². The van der Waals surface area contributed by atoms with Crippen molar-refractivity contribution >= 4 is 5.91 Å². The van der Waals surface area contributed by atoms with Crippen LogP contribution >= 0.6 is 0 Å². The number of carbonyl (C=O) groups excluding carboxylic acids is 1. The van der Waals surface area contributed by atoms with Gasteiger partial charge in [0.1, 0.15) is 5.75 Å². The van der Waals surface area contributed by atoms with Crippen LogP contribution < -0.4 is 10.1 Å². The molecule has 3 heteroatoms. The van der Waals surface area contributed by atoms with Crippen LogP contribution in [-0.2, 0) is 0 Å². The van der Waals surface area contributed by atoms with Crippen molar-refractivity contribution in [2.45, 2.75) is 53.5 Å². The minimum atomic E-state index is -0.00625. The summed E-state index contributed by atoms with van der Waals surface area (Å²) in [5, 5.41) is 3.06. The number of ether oxygens (including phenoxy) is 1. The van der Waals surface area contributed by atoms with E-state index in [0.29, 0.717) is 11.8 Å². The van der Waals surface area contributed by atoms with Gasteiger partial charge in [-0.2, -0.15) is 0 Å². The van der Waals surface area contributed by atoms with Crippen LogP contribution in [0.2, 0.25) is 0 Å². The second kappa shape index (κ2) is 6.78. The zero-order valence-electron chi connectivity index (χ0n) is 13.7. The summed E-state index contributed by atoms with van der Waals surface area (Å²) < 4.78 is 5.41. The fourth-order valence-electron chi connectivity index (χ4n) is 2.02. The number of aryl methyl sites for hydroxylation is 1. The third-order valence-electron chi connectivity index (χ3n) is 3.80. The molecule has 1 rings (SSSR count). The maximum Gasteiger partial charge on any atom is 0.251 e. The SMILES string of the molecule is COc1cc(C)c(C(=O)NC(C)C(C)C)cc1C(C)C. The average Bonchev–Trinajstić information content (AvgIpc) is 2.37. The molecule has 0 aliphatic heterocycles. The van der Waals surface area contributed by atoms with Gasteiger partial charge in [0.05, 0.1) is 7.11 Å². The summed E-state index contributed by atoms with van der Waals surface area (Å²) in [6, 6.07) is 4.07. The van der Waals surface area contributed by atoms with Gasteiger partial charge in [0, 0.05) is 11.6 Å². The third-order valence-corrected chi connectivity index (χ3v) is 3.80. The fourth-order valence-corrected chi connectivity index (χ4v) is 2.02. The van der Waals surface area contributed by atoms with Crippen molar-refractivity contribution in [2.24, 2.45) is 5.92 Å². The molecule has 0 spiro atoms. The van der Waals surface area contributed by atoms with E-state index in [1.54, 1.807) is 7.11 Å². The number of methoxy groups -OCH3 is 1. The van der Waals surface area contributed by atoms with E-state index in [1.165, 1.54) is 0 Å². The molecule has 0 fully saturated rings. The normalized spacial score (nSPS) is 12.7. The van der Waals surface area contributed by atoms with Crippen LogP contribution in [0.1, 0.15) is 62.0 Å². The van der Waals surface area contributed by atoms with Crippen LogP contribution in [0.25, 0.3) is 0 Å². The molecule has 3 nitrogen and oxygen atoms in total. The number of nitrogens with one attached hydrogen (secondary N) is 1. The Kier molecular flexibility index (Phi) is 5.61. The molecule has 1 atom stereocenters. The molecule has 1 N–H and O–H groups in total. The van der Waals surface area contributed by atoms with Gasteiger partial charge in [-0.1, -0.05) is 27.7 Å². The number of rotatable bonds is 5. The highest BCUT2D eigenvalue weighted by Gasteiger charge is 2.18. The van der Waals surface area contributed by atoms with Gasteiger partial charge >= 0.3 is 0 Å². The van der Waals surface area contributed by atoms with Crippen molar-refractivity contribution in [2.75, 3.05) is 7.11 Å². The number of hydrogen-bond acceptors (Lipinski definition) is 2. The highest BCUT2D eigenvalue weighted by atomic mass is 16.5. The standard InChI is InChI=1S/C17H27NO2/c1-10(2)13(6)18-17(19)15-9-14(11(3)4)16(20-7)8-12(15)5/h8-11,13H,1-7H3,(H,18,19). The lowest BCUT2D eigenvalue weighted by molar-refractivity contribution is 0.0929. The summed E-state index contributed by atoms with van der Waals surface area (Å²) in [5.41, 5.74) is 2.75. The quantitative estimate of drug-likeness (QED) is 0.886. The summed E-state index contributed by atoms with van der Waals surface area (Å²) in [7, 11) is 1.67. The summed E-state index contributed by atoms with van der Waals surface area (Å²) >= 11 is 0. The Balaban J connectivity index is 3.12. The fraction of sp³-hybridized carbons (Fsp3) is 0.588. The molecule has 1 aromatic carbocycles. The number of amides is 1. The monoisotopic (exact) mass is 277 g/mol. The van der Waals surface area contributed by atoms with Crippen LogP contribution in [-0.4, -0.2) is 19.1 Å². The van der Waals surface area contributed by atoms with Gasteiger partial charge in [0.25, 0.3) is 5.91 Å². The van der Waals surface area contributed by atoms with Crippen molar-refractivity contribution in [3.8, 4) is 5.75 Å². The van der Waals surface area contributed by atoms with Gasteiger partial charge in [-0.3, -0.25) is 4.79 Å². The predicted molar refractivity (Wildman–Crippen MR) is 83.6 cm³/mol. The van der Waals surface area contributed by atoms with E-state index in [2.05, 4.69) is 33.0 Å². The van der Waals surface area contributed by atoms with Gasteiger partial charge in [-0.15, -0.1) is 0 Å². The molecule has 0 aliphatic rings. The molecule has 0 radical (unpaired) electrons. The van der Waals surface area contributed by atoms with E-state index in [0.717, 1.165) is 22.4 Å². The summed E-state index contributed by atoms with van der Waals surface area (Å²) in [4.78, 5) is 12.4. The Labute approximate surface area is 122 Å². The predicted octanol–water partition coefficient (Wildman–Crippen LogP) is 3.90. The van der Waals surface area contributed by atoms with Gasteiger partial charge in [0.15, 0.2) is 0 Å². The van der Waals surface area contributed by atoms with Crippen LogP contribution in [0.5, 0.6) is 5.75 Å². The molecule has 20 heavy (non-hydrogen) atoms. The third kappa shape index (κ3) is 3.75. The Morgan fingerprint density at radius 3 is 2.20 bits per heavy atom. The van der Waals surface area contributed by atoms with Crippen molar-refractivity contribution in [1.82, 2.24) is 5.32 Å². The molecule has 0 saturated heterocycles. The smallest absolute Gasteiger partial charge is 0.251 e. The van der Waals surface area contributed by atoms with Gasteiger partial charge in [-0.25, -0.2) is 0 Å². The summed E-state index contributed by atoms with van der Waals surface area (Å²) in [5.74, 6) is 1.58. The molecule has 0 aliphatic carbocycles.